The van der Waals surface area contributed by atoms with Crippen molar-refractivity contribution in [2.45, 2.75) is 122 Å². The molecule has 7 nitrogen and oxygen atoms in total. The number of fused-ring (bicyclic) bond motifs is 3. The molecule has 8 atom stereocenters. The molecule has 3 aliphatic carbocycles. The topological polar surface area (TPSA) is 113 Å². The Morgan fingerprint density at radius 1 is 1.14 bits per heavy atom. The highest BCUT2D eigenvalue weighted by Crippen LogP contribution is 2.60. The number of Topliss-reactive ketones (excluding diaryl/α,β-unsaturated/α-hetero) is 1. The van der Waals surface area contributed by atoms with Crippen molar-refractivity contribution in [3.8, 4) is 0 Å². The average molecular weight is 511 g/mol. The van der Waals surface area contributed by atoms with E-state index in [1.807, 2.05) is 0 Å². The van der Waals surface area contributed by atoms with Gasteiger partial charge in [-0.3, -0.25) is 9.59 Å². The Kier molecular flexibility index (Phi) is 7.13. The molecule has 0 aromatic rings. The van der Waals surface area contributed by atoms with Gasteiger partial charge in [-0.05, 0) is 50.7 Å². The smallest absolute Gasteiger partial charge is 0.303 e. The Bertz CT molecular complexity index is 890. The van der Waals surface area contributed by atoms with Crippen LogP contribution in [0.1, 0.15) is 74.1 Å². The van der Waals surface area contributed by atoms with Crippen LogP contribution < -0.4 is 0 Å². The Morgan fingerprint density at radius 3 is 2.23 bits per heavy atom. The van der Waals surface area contributed by atoms with Gasteiger partial charge in [-0.15, -0.1) is 0 Å². The molecular weight excluding hydrogens is 464 g/mol. The molecule has 35 heavy (non-hydrogen) atoms. The minimum atomic E-state index is -2.34. The van der Waals surface area contributed by atoms with Crippen molar-refractivity contribution >= 4 is 20.1 Å². The molecule has 8 heteroatoms. The van der Waals surface area contributed by atoms with E-state index in [1.54, 1.807) is 20.8 Å². The third-order valence-corrected chi connectivity index (χ3v) is 14.7. The molecule has 3 fully saturated rings. The molecule has 3 N–H and O–H groups in total. The van der Waals surface area contributed by atoms with Gasteiger partial charge in [0.2, 0.25) is 0 Å². The number of rotatable bonds is 3. The fraction of sp³-hybridized carbons (Fsp3) is 0.852. The molecule has 3 saturated carbocycles. The highest BCUT2D eigenvalue weighted by Gasteiger charge is 2.68. The van der Waals surface area contributed by atoms with Crippen molar-refractivity contribution in [1.82, 2.24) is 0 Å². The van der Waals surface area contributed by atoms with Gasteiger partial charge in [0.25, 0.3) is 0 Å². The standard InChI is InChI=1S/C27H46O7Si/c1-15-11-12-18(34-35(9,10)24(3,4)5)26(8)19(15)21(33-16(2)28)23(31)27(32)14-13-17(25(27,6)7)20(29)22(26)30/h17-21,23,29,31-32H,1,11-14H2,2-10H3/t17?,18-,19-,20+,21-,23-,26+,27+/m0/s1. The van der Waals surface area contributed by atoms with E-state index in [-0.39, 0.29) is 17.2 Å². The van der Waals surface area contributed by atoms with E-state index >= 15 is 0 Å². The number of hydrogen-bond donors (Lipinski definition) is 3. The fourth-order valence-electron chi connectivity index (χ4n) is 6.74. The normalized spacial score (nSPS) is 42.1. The summed E-state index contributed by atoms with van der Waals surface area (Å²) in [5.41, 5.74) is -3.30. The Hall–Kier alpha value is -1.06. The summed E-state index contributed by atoms with van der Waals surface area (Å²) in [5, 5.41) is 35.0. The van der Waals surface area contributed by atoms with Crippen LogP contribution in [0.4, 0.5) is 0 Å². The summed E-state index contributed by atoms with van der Waals surface area (Å²) >= 11 is 0. The summed E-state index contributed by atoms with van der Waals surface area (Å²) in [7, 11) is -2.34. The van der Waals surface area contributed by atoms with Gasteiger partial charge in [0.1, 0.15) is 18.3 Å². The van der Waals surface area contributed by atoms with Gasteiger partial charge in [-0.1, -0.05) is 46.8 Å². The van der Waals surface area contributed by atoms with Crippen LogP contribution in [-0.4, -0.2) is 65.4 Å². The van der Waals surface area contributed by atoms with Gasteiger partial charge < -0.3 is 24.5 Å². The number of carbonyl (C=O) groups excluding carboxylic acids is 2. The second-order valence-corrected chi connectivity index (χ2v) is 18.2. The first kappa shape index (κ1) is 28.5. The van der Waals surface area contributed by atoms with Crippen LogP contribution in [0.2, 0.25) is 18.1 Å². The number of hydrogen-bond acceptors (Lipinski definition) is 7. The van der Waals surface area contributed by atoms with Crippen LogP contribution in [0.25, 0.3) is 0 Å². The number of ketones is 1. The molecule has 0 saturated heterocycles. The van der Waals surface area contributed by atoms with Crippen molar-refractivity contribution in [3.63, 3.8) is 0 Å². The van der Waals surface area contributed by atoms with Gasteiger partial charge in [0.15, 0.2) is 14.1 Å². The van der Waals surface area contributed by atoms with E-state index in [0.717, 1.165) is 0 Å². The number of carbonyl (C=O) groups is 2. The maximum absolute atomic E-state index is 14.4. The zero-order valence-electron chi connectivity index (χ0n) is 23.0. The number of aliphatic hydroxyl groups excluding tert-OH is 2. The summed E-state index contributed by atoms with van der Waals surface area (Å²) in [4.78, 5) is 26.6. The van der Waals surface area contributed by atoms with Crippen molar-refractivity contribution in [2.75, 3.05) is 0 Å². The minimum Gasteiger partial charge on any atom is -0.459 e. The molecule has 0 aliphatic heterocycles. The summed E-state index contributed by atoms with van der Waals surface area (Å²) in [6.45, 7) is 21.4. The lowest BCUT2D eigenvalue weighted by Gasteiger charge is -2.54. The first-order valence-corrected chi connectivity index (χ1v) is 15.8. The molecule has 0 heterocycles. The number of esters is 1. The summed E-state index contributed by atoms with van der Waals surface area (Å²) in [6.07, 6.45) is -2.95. The molecule has 3 rings (SSSR count). The molecule has 3 aliphatic rings. The first-order chi connectivity index (χ1) is 15.7. The third-order valence-electron chi connectivity index (χ3n) is 10.2. The van der Waals surface area contributed by atoms with Crippen molar-refractivity contribution < 1.29 is 34.1 Å². The lowest BCUT2D eigenvalue weighted by molar-refractivity contribution is -0.205. The van der Waals surface area contributed by atoms with Crippen LogP contribution in [-0.2, 0) is 18.8 Å². The molecule has 2 bridgehead atoms. The van der Waals surface area contributed by atoms with E-state index < -0.39 is 67.0 Å². The second-order valence-electron chi connectivity index (χ2n) is 13.4. The molecular formula is C27H46O7Si. The van der Waals surface area contributed by atoms with Crippen molar-refractivity contribution in [2.24, 2.45) is 22.7 Å². The predicted molar refractivity (Wildman–Crippen MR) is 136 cm³/mol. The summed E-state index contributed by atoms with van der Waals surface area (Å²) < 4.78 is 12.6. The van der Waals surface area contributed by atoms with Crippen LogP contribution in [0.5, 0.6) is 0 Å². The lowest BCUT2D eigenvalue weighted by Crippen LogP contribution is -2.63. The van der Waals surface area contributed by atoms with Gasteiger partial charge >= 0.3 is 5.97 Å². The average Bonchev–Trinajstić information content (AvgIpc) is 2.96. The second kappa shape index (κ2) is 8.76. The van der Waals surface area contributed by atoms with E-state index in [4.69, 9.17) is 9.16 Å². The maximum atomic E-state index is 14.4. The van der Waals surface area contributed by atoms with Crippen molar-refractivity contribution in [1.29, 1.82) is 0 Å². The molecule has 0 amide bonds. The van der Waals surface area contributed by atoms with Crippen LogP contribution in [0.3, 0.4) is 0 Å². The molecule has 0 aromatic carbocycles. The molecule has 0 radical (unpaired) electrons. The maximum Gasteiger partial charge on any atom is 0.303 e. The highest BCUT2D eigenvalue weighted by molar-refractivity contribution is 6.74. The molecule has 200 valence electrons. The van der Waals surface area contributed by atoms with Gasteiger partial charge in [-0.2, -0.15) is 0 Å². The van der Waals surface area contributed by atoms with Gasteiger partial charge in [0.05, 0.1) is 17.1 Å². The molecule has 1 unspecified atom stereocenters. The van der Waals surface area contributed by atoms with E-state index in [2.05, 4.69) is 40.4 Å². The predicted octanol–water partition coefficient (Wildman–Crippen LogP) is 3.75. The monoisotopic (exact) mass is 510 g/mol. The number of aliphatic hydroxyl groups is 3. The highest BCUT2D eigenvalue weighted by atomic mass is 28.4. The summed E-state index contributed by atoms with van der Waals surface area (Å²) in [5.74, 6) is -2.38. The first-order valence-electron chi connectivity index (χ1n) is 12.9. The van der Waals surface area contributed by atoms with Crippen LogP contribution >= 0.6 is 0 Å². The van der Waals surface area contributed by atoms with Gasteiger partial charge in [-0.25, -0.2) is 0 Å². The number of ether oxygens (including phenoxy) is 1. The van der Waals surface area contributed by atoms with Crippen molar-refractivity contribution in [3.05, 3.63) is 12.2 Å². The van der Waals surface area contributed by atoms with E-state index in [1.165, 1.54) is 6.92 Å². The summed E-state index contributed by atoms with van der Waals surface area (Å²) in [6, 6.07) is 0. The van der Waals surface area contributed by atoms with Gasteiger partial charge in [0, 0.05) is 24.2 Å². The van der Waals surface area contributed by atoms with E-state index in [9.17, 15) is 24.9 Å². The Balaban J connectivity index is 2.26. The Labute approximate surface area is 211 Å². The Morgan fingerprint density at radius 2 is 1.71 bits per heavy atom. The lowest BCUT2D eigenvalue weighted by atomic mass is 9.57. The fourth-order valence-corrected chi connectivity index (χ4v) is 8.16. The minimum absolute atomic E-state index is 0.113. The van der Waals surface area contributed by atoms with Crippen LogP contribution in [0, 0.1) is 22.7 Å². The molecule has 0 aromatic heterocycles. The largest absolute Gasteiger partial charge is 0.459 e. The SMILES string of the molecule is C=C1CC[C@H](O[Si](C)(C)C(C)(C)C)[C@@]2(C)C(=O)[C@H](O)C3CC[C@@](O)([C@@H](O)[C@@H](OC(C)=O)[C@H]12)C3(C)C. The zero-order valence-corrected chi connectivity index (χ0v) is 24.0. The quantitative estimate of drug-likeness (QED) is 0.301. The molecule has 0 spiro atoms. The zero-order chi connectivity index (χ0) is 26.9. The van der Waals surface area contributed by atoms with Crippen LogP contribution in [0.15, 0.2) is 12.2 Å². The van der Waals surface area contributed by atoms with E-state index in [0.29, 0.717) is 24.8 Å². The third kappa shape index (κ3) is 4.17.